The van der Waals surface area contributed by atoms with Crippen LogP contribution in [0.1, 0.15) is 419 Å². The molecule has 0 fully saturated rings. The first-order valence-electron chi connectivity index (χ1n) is 37.5. The van der Waals surface area contributed by atoms with Crippen molar-refractivity contribution >= 4 is 17.9 Å². The van der Waals surface area contributed by atoms with Gasteiger partial charge >= 0.3 is 17.9 Å². The molecule has 83 heavy (non-hydrogen) atoms. The molecule has 488 valence electrons. The third-order valence-corrected chi connectivity index (χ3v) is 17.1. The zero-order chi connectivity index (χ0) is 59.9. The van der Waals surface area contributed by atoms with Crippen LogP contribution in [0, 0.1) is 0 Å². The number of rotatable bonds is 70. The number of esters is 3. The molecular weight excluding hydrogens is 1020 g/mol. The molecule has 0 rings (SSSR count). The van der Waals surface area contributed by atoms with Crippen LogP contribution in [0.25, 0.3) is 0 Å². The van der Waals surface area contributed by atoms with E-state index in [4.69, 9.17) is 14.2 Å². The largest absolute Gasteiger partial charge is 0.462 e. The maximum Gasteiger partial charge on any atom is 0.306 e. The van der Waals surface area contributed by atoms with E-state index in [1.807, 2.05) is 0 Å². The minimum absolute atomic E-state index is 0.0686. The lowest BCUT2D eigenvalue weighted by Gasteiger charge is -2.18. The number of allylic oxidation sites excluding steroid dienone is 6. The highest BCUT2D eigenvalue weighted by Crippen LogP contribution is 2.19. The van der Waals surface area contributed by atoms with Gasteiger partial charge in [-0.1, -0.05) is 365 Å². The average Bonchev–Trinajstić information content (AvgIpc) is 3.48. The molecule has 0 aromatic carbocycles. The molecular formula is C77H144O6. The molecule has 1 atom stereocenters. The zero-order valence-electron chi connectivity index (χ0n) is 56.2. The summed E-state index contributed by atoms with van der Waals surface area (Å²) in [5, 5.41) is 0. The van der Waals surface area contributed by atoms with Crippen LogP contribution < -0.4 is 0 Å². The van der Waals surface area contributed by atoms with Crippen molar-refractivity contribution in [3.05, 3.63) is 36.5 Å². The molecule has 0 aliphatic heterocycles. The van der Waals surface area contributed by atoms with Crippen molar-refractivity contribution in [1.82, 2.24) is 0 Å². The summed E-state index contributed by atoms with van der Waals surface area (Å²) in [5.74, 6) is -0.849. The van der Waals surface area contributed by atoms with Gasteiger partial charge in [-0.2, -0.15) is 0 Å². The van der Waals surface area contributed by atoms with Crippen molar-refractivity contribution in [2.45, 2.75) is 425 Å². The monoisotopic (exact) mass is 1170 g/mol. The number of carbonyl (C=O) groups is 3. The minimum atomic E-state index is -0.772. The van der Waals surface area contributed by atoms with Gasteiger partial charge in [0.1, 0.15) is 13.2 Å². The molecule has 0 saturated heterocycles. The van der Waals surface area contributed by atoms with Gasteiger partial charge in [0.2, 0.25) is 0 Å². The predicted octanol–water partition coefficient (Wildman–Crippen LogP) is 25.9. The van der Waals surface area contributed by atoms with Gasteiger partial charge in [-0.05, 0) is 70.6 Å². The van der Waals surface area contributed by atoms with Crippen LogP contribution in [0.3, 0.4) is 0 Å². The number of hydrogen-bond acceptors (Lipinski definition) is 6. The first-order chi connectivity index (χ1) is 41.0. The first-order valence-corrected chi connectivity index (χ1v) is 37.5. The molecule has 0 heterocycles. The van der Waals surface area contributed by atoms with Gasteiger partial charge < -0.3 is 14.2 Å². The van der Waals surface area contributed by atoms with E-state index in [0.29, 0.717) is 19.3 Å². The van der Waals surface area contributed by atoms with Crippen molar-refractivity contribution in [3.63, 3.8) is 0 Å². The first kappa shape index (κ1) is 80.6. The fourth-order valence-corrected chi connectivity index (χ4v) is 11.5. The normalized spacial score (nSPS) is 12.2. The predicted molar refractivity (Wildman–Crippen MR) is 362 cm³/mol. The molecule has 0 aromatic heterocycles. The molecule has 0 aliphatic carbocycles. The standard InChI is InChI=1S/C77H144O6/c1-4-7-10-13-16-19-22-24-26-28-30-32-34-36-37-38-39-40-41-42-44-45-47-49-51-53-55-58-61-64-67-70-76(79)82-73-74(72-81-75(78)69-66-63-60-57-21-18-15-12-9-6-3)83-77(80)71-68-65-62-59-56-54-52-50-48-46-43-35-33-31-29-27-25-23-20-17-14-11-8-5-2/h12,15,22,24,28,30,74H,4-11,13-14,16-21,23,25-27,29,31-73H2,1-3H3/b15-12-,24-22-,30-28-. The molecule has 0 N–H and O–H groups in total. The maximum atomic E-state index is 12.9. The Balaban J connectivity index is 4.08. The van der Waals surface area contributed by atoms with Gasteiger partial charge in [0, 0.05) is 19.3 Å². The van der Waals surface area contributed by atoms with Crippen LogP contribution in [-0.4, -0.2) is 37.2 Å². The van der Waals surface area contributed by atoms with Crippen LogP contribution >= 0.6 is 0 Å². The molecule has 0 aromatic rings. The van der Waals surface area contributed by atoms with Gasteiger partial charge in [0.05, 0.1) is 0 Å². The summed E-state index contributed by atoms with van der Waals surface area (Å²) in [5.41, 5.74) is 0. The van der Waals surface area contributed by atoms with Crippen molar-refractivity contribution in [3.8, 4) is 0 Å². The van der Waals surface area contributed by atoms with Crippen LogP contribution in [0.15, 0.2) is 36.5 Å². The molecule has 6 heteroatoms. The van der Waals surface area contributed by atoms with E-state index in [0.717, 1.165) is 77.0 Å². The number of ether oxygens (including phenoxy) is 3. The molecule has 0 amide bonds. The Kier molecular flexibility index (Phi) is 70.0. The number of hydrogen-bond donors (Lipinski definition) is 0. The molecule has 0 spiro atoms. The Bertz CT molecular complexity index is 1380. The minimum Gasteiger partial charge on any atom is -0.462 e. The second-order valence-electron chi connectivity index (χ2n) is 25.6. The molecule has 0 radical (unpaired) electrons. The second-order valence-corrected chi connectivity index (χ2v) is 25.6. The Labute approximate surface area is 518 Å². The van der Waals surface area contributed by atoms with Crippen LogP contribution in [-0.2, 0) is 28.6 Å². The quantitative estimate of drug-likeness (QED) is 0.0261. The van der Waals surface area contributed by atoms with Crippen molar-refractivity contribution in [2.75, 3.05) is 13.2 Å². The second kappa shape index (κ2) is 72.1. The lowest BCUT2D eigenvalue weighted by Crippen LogP contribution is -2.30. The Hall–Kier alpha value is -2.37. The van der Waals surface area contributed by atoms with E-state index in [1.165, 1.54) is 302 Å². The maximum absolute atomic E-state index is 12.9. The van der Waals surface area contributed by atoms with Gasteiger partial charge in [-0.15, -0.1) is 0 Å². The number of unbranched alkanes of at least 4 members (excludes halogenated alkanes) is 53. The summed E-state index contributed by atoms with van der Waals surface area (Å²) < 4.78 is 17.0. The summed E-state index contributed by atoms with van der Waals surface area (Å²) in [6.07, 6.45) is 90.7. The Morgan fingerprint density at radius 2 is 0.458 bits per heavy atom. The fraction of sp³-hybridized carbons (Fsp3) is 0.883. The summed E-state index contributed by atoms with van der Waals surface area (Å²) >= 11 is 0. The topological polar surface area (TPSA) is 78.9 Å². The fourth-order valence-electron chi connectivity index (χ4n) is 11.5. The molecule has 0 bridgehead atoms. The van der Waals surface area contributed by atoms with Crippen LogP contribution in [0.5, 0.6) is 0 Å². The highest BCUT2D eigenvalue weighted by atomic mass is 16.6. The summed E-state index contributed by atoms with van der Waals surface area (Å²) in [4.78, 5) is 38.4. The van der Waals surface area contributed by atoms with Gasteiger partial charge in [0.25, 0.3) is 0 Å². The van der Waals surface area contributed by atoms with Gasteiger partial charge in [0.15, 0.2) is 6.10 Å². The van der Waals surface area contributed by atoms with Gasteiger partial charge in [-0.3, -0.25) is 14.4 Å². The average molecular weight is 1170 g/mol. The van der Waals surface area contributed by atoms with Crippen LogP contribution in [0.2, 0.25) is 0 Å². The lowest BCUT2D eigenvalue weighted by atomic mass is 10.0. The van der Waals surface area contributed by atoms with E-state index < -0.39 is 6.10 Å². The highest BCUT2D eigenvalue weighted by Gasteiger charge is 2.20. The Morgan fingerprint density at radius 1 is 0.241 bits per heavy atom. The van der Waals surface area contributed by atoms with Crippen molar-refractivity contribution < 1.29 is 28.6 Å². The van der Waals surface area contributed by atoms with E-state index >= 15 is 0 Å². The smallest absolute Gasteiger partial charge is 0.306 e. The number of carbonyl (C=O) groups excluding carboxylic acids is 3. The molecule has 0 aliphatic rings. The summed E-state index contributed by atoms with van der Waals surface area (Å²) in [6.45, 7) is 6.64. The van der Waals surface area contributed by atoms with E-state index in [1.54, 1.807) is 0 Å². The SMILES string of the molecule is CCC/C=C\CCCCCCCC(=O)OCC(COC(=O)CCCCCCCCCCCCCCCCCCCCC/C=C\C/C=C\CCCCCCC)OC(=O)CCCCCCCCCCCCCCCCCCCCCCCCCC. The zero-order valence-corrected chi connectivity index (χ0v) is 56.2. The summed E-state index contributed by atoms with van der Waals surface area (Å²) in [7, 11) is 0. The molecule has 1 unspecified atom stereocenters. The van der Waals surface area contributed by atoms with Crippen molar-refractivity contribution in [2.24, 2.45) is 0 Å². The van der Waals surface area contributed by atoms with E-state index in [-0.39, 0.29) is 31.1 Å². The van der Waals surface area contributed by atoms with E-state index in [9.17, 15) is 14.4 Å². The van der Waals surface area contributed by atoms with Gasteiger partial charge in [-0.25, -0.2) is 0 Å². The highest BCUT2D eigenvalue weighted by molar-refractivity contribution is 5.71. The molecule has 6 nitrogen and oxygen atoms in total. The summed E-state index contributed by atoms with van der Waals surface area (Å²) in [6, 6.07) is 0. The lowest BCUT2D eigenvalue weighted by molar-refractivity contribution is -0.167. The van der Waals surface area contributed by atoms with Crippen LogP contribution in [0.4, 0.5) is 0 Å². The van der Waals surface area contributed by atoms with Crippen molar-refractivity contribution in [1.29, 1.82) is 0 Å². The third-order valence-electron chi connectivity index (χ3n) is 17.1. The molecule has 0 saturated carbocycles. The van der Waals surface area contributed by atoms with E-state index in [2.05, 4.69) is 57.2 Å². The Morgan fingerprint density at radius 3 is 0.723 bits per heavy atom. The third kappa shape index (κ3) is 70.3.